The molecular formula is C21H28N2O4S. The first-order valence-corrected chi connectivity index (χ1v) is 10.5. The van der Waals surface area contributed by atoms with Crippen LogP contribution >= 0.6 is 11.3 Å². The molecule has 0 bridgehead atoms. The van der Waals surface area contributed by atoms with Crippen LogP contribution in [0.4, 0.5) is 0 Å². The van der Waals surface area contributed by atoms with E-state index in [-0.39, 0.29) is 24.5 Å². The lowest BCUT2D eigenvalue weighted by molar-refractivity contribution is -0.135. The summed E-state index contributed by atoms with van der Waals surface area (Å²) in [5, 5.41) is 1.87. The van der Waals surface area contributed by atoms with Crippen LogP contribution in [-0.4, -0.2) is 53.0 Å². The summed E-state index contributed by atoms with van der Waals surface area (Å²) in [6.45, 7) is 7.47. The summed E-state index contributed by atoms with van der Waals surface area (Å²) >= 11 is 1.39. The van der Waals surface area contributed by atoms with E-state index in [4.69, 9.17) is 9.15 Å². The summed E-state index contributed by atoms with van der Waals surface area (Å²) in [6, 6.07) is 7.31. The molecule has 2 aromatic heterocycles. The highest BCUT2D eigenvalue weighted by Gasteiger charge is 2.32. The van der Waals surface area contributed by atoms with E-state index in [1.165, 1.54) is 11.3 Å². The molecule has 1 saturated heterocycles. The number of amides is 2. The Hall–Kier alpha value is -2.12. The molecule has 1 atom stereocenters. The Morgan fingerprint density at radius 3 is 2.64 bits per heavy atom. The van der Waals surface area contributed by atoms with Gasteiger partial charge >= 0.3 is 0 Å². The maximum Gasteiger partial charge on any atom is 0.264 e. The van der Waals surface area contributed by atoms with Gasteiger partial charge in [-0.1, -0.05) is 6.07 Å². The van der Waals surface area contributed by atoms with Crippen molar-refractivity contribution in [3.05, 3.63) is 46.5 Å². The van der Waals surface area contributed by atoms with Gasteiger partial charge in [0.05, 0.1) is 23.8 Å². The average Bonchev–Trinajstić information content (AvgIpc) is 3.40. The SMILES string of the molecule is CC(C)(C)N(CC(=O)N(Cc1ccco1)CC1CCCO1)C(=O)c1cccs1. The van der Waals surface area contributed by atoms with Gasteiger partial charge in [-0.3, -0.25) is 9.59 Å². The highest BCUT2D eigenvalue weighted by Crippen LogP contribution is 2.21. The molecule has 2 amide bonds. The van der Waals surface area contributed by atoms with Crippen LogP contribution in [0.1, 0.15) is 49.0 Å². The van der Waals surface area contributed by atoms with Gasteiger partial charge in [0.25, 0.3) is 5.91 Å². The van der Waals surface area contributed by atoms with Crippen LogP contribution < -0.4 is 0 Å². The van der Waals surface area contributed by atoms with Gasteiger partial charge in [-0.15, -0.1) is 11.3 Å². The molecule has 0 radical (unpaired) electrons. The number of rotatable bonds is 7. The van der Waals surface area contributed by atoms with E-state index in [0.717, 1.165) is 25.2 Å². The van der Waals surface area contributed by atoms with Crippen LogP contribution in [0.3, 0.4) is 0 Å². The van der Waals surface area contributed by atoms with Gasteiger partial charge in [-0.05, 0) is 57.2 Å². The maximum atomic E-state index is 13.2. The summed E-state index contributed by atoms with van der Waals surface area (Å²) in [6.07, 6.45) is 3.60. The summed E-state index contributed by atoms with van der Waals surface area (Å²) in [4.78, 5) is 30.2. The van der Waals surface area contributed by atoms with E-state index in [1.54, 1.807) is 22.1 Å². The molecule has 1 aliphatic rings. The lowest BCUT2D eigenvalue weighted by Gasteiger charge is -2.36. The van der Waals surface area contributed by atoms with Crippen molar-refractivity contribution in [2.24, 2.45) is 0 Å². The van der Waals surface area contributed by atoms with Gasteiger partial charge in [-0.2, -0.15) is 0 Å². The first-order chi connectivity index (χ1) is 13.3. The fraction of sp³-hybridized carbons (Fsp3) is 0.524. The Morgan fingerprint density at radius 1 is 1.25 bits per heavy atom. The van der Waals surface area contributed by atoms with Gasteiger partial charge in [0.1, 0.15) is 12.3 Å². The van der Waals surface area contributed by atoms with Crippen molar-refractivity contribution in [3.63, 3.8) is 0 Å². The molecule has 0 saturated carbocycles. The molecule has 0 N–H and O–H groups in total. The number of nitrogens with zero attached hydrogens (tertiary/aromatic N) is 2. The van der Waals surface area contributed by atoms with Crippen molar-refractivity contribution < 1.29 is 18.7 Å². The molecule has 28 heavy (non-hydrogen) atoms. The van der Waals surface area contributed by atoms with Crippen LogP contribution in [0.15, 0.2) is 40.3 Å². The van der Waals surface area contributed by atoms with Crippen LogP contribution in [0.2, 0.25) is 0 Å². The molecule has 0 spiro atoms. The smallest absolute Gasteiger partial charge is 0.264 e. The Balaban J connectivity index is 1.76. The van der Waals surface area contributed by atoms with Gasteiger partial charge < -0.3 is 19.0 Å². The molecule has 1 unspecified atom stereocenters. The Kier molecular flexibility index (Phi) is 6.57. The number of hydrogen-bond donors (Lipinski definition) is 0. The number of furan rings is 1. The second-order valence-electron chi connectivity index (χ2n) is 8.03. The highest BCUT2D eigenvalue weighted by molar-refractivity contribution is 7.12. The van der Waals surface area contributed by atoms with Crippen molar-refractivity contribution >= 4 is 23.2 Å². The zero-order chi connectivity index (χ0) is 20.1. The number of hydrogen-bond acceptors (Lipinski definition) is 5. The normalized spacial score (nSPS) is 16.9. The second kappa shape index (κ2) is 8.92. The molecule has 6 nitrogen and oxygen atoms in total. The van der Waals surface area contributed by atoms with Gasteiger partial charge in [0, 0.05) is 18.7 Å². The Morgan fingerprint density at radius 2 is 2.07 bits per heavy atom. The first-order valence-electron chi connectivity index (χ1n) is 9.62. The topological polar surface area (TPSA) is 63.0 Å². The second-order valence-corrected chi connectivity index (χ2v) is 8.98. The van der Waals surface area contributed by atoms with E-state index in [0.29, 0.717) is 18.0 Å². The lowest BCUT2D eigenvalue weighted by atomic mass is 10.1. The number of thiophene rings is 1. The Bertz CT molecular complexity index is 759. The molecular weight excluding hydrogens is 376 g/mol. The largest absolute Gasteiger partial charge is 0.467 e. The van der Waals surface area contributed by atoms with Crippen molar-refractivity contribution in [1.82, 2.24) is 9.80 Å². The molecule has 0 aliphatic carbocycles. The number of carbonyl (C=O) groups excluding carboxylic acids is 2. The van der Waals surface area contributed by atoms with E-state index < -0.39 is 5.54 Å². The fourth-order valence-corrected chi connectivity index (χ4v) is 3.93. The monoisotopic (exact) mass is 404 g/mol. The van der Waals surface area contributed by atoms with Gasteiger partial charge in [-0.25, -0.2) is 0 Å². The predicted molar refractivity (Wildman–Crippen MR) is 108 cm³/mol. The average molecular weight is 405 g/mol. The number of ether oxygens (including phenoxy) is 1. The minimum absolute atomic E-state index is 0.0215. The quantitative estimate of drug-likeness (QED) is 0.704. The number of carbonyl (C=O) groups is 2. The summed E-state index contributed by atoms with van der Waals surface area (Å²) < 4.78 is 11.2. The Labute approximate surface area is 170 Å². The van der Waals surface area contributed by atoms with E-state index >= 15 is 0 Å². The molecule has 3 heterocycles. The standard InChI is InChI=1S/C21H28N2O4S/c1-21(2,3)23(20(25)18-9-6-12-28-18)15-19(24)22(13-16-7-4-10-26-16)14-17-8-5-11-27-17/h4,6-7,9-10,12,17H,5,8,11,13-15H2,1-3H3. The molecule has 0 aromatic carbocycles. The molecule has 1 fully saturated rings. The lowest BCUT2D eigenvalue weighted by Crippen LogP contribution is -2.51. The van der Waals surface area contributed by atoms with Gasteiger partial charge in [0.15, 0.2) is 0 Å². The van der Waals surface area contributed by atoms with Crippen molar-refractivity contribution in [1.29, 1.82) is 0 Å². The molecule has 3 rings (SSSR count). The zero-order valence-corrected chi connectivity index (χ0v) is 17.5. The predicted octanol–water partition coefficient (Wildman–Crippen LogP) is 3.79. The van der Waals surface area contributed by atoms with E-state index in [1.807, 2.05) is 44.4 Å². The zero-order valence-electron chi connectivity index (χ0n) is 16.7. The van der Waals surface area contributed by atoms with Crippen LogP contribution in [-0.2, 0) is 16.1 Å². The molecule has 7 heteroatoms. The van der Waals surface area contributed by atoms with E-state index in [2.05, 4.69) is 0 Å². The van der Waals surface area contributed by atoms with Gasteiger partial charge in [0.2, 0.25) is 5.91 Å². The third-order valence-electron chi connectivity index (χ3n) is 4.81. The van der Waals surface area contributed by atoms with Crippen molar-refractivity contribution in [3.8, 4) is 0 Å². The fourth-order valence-electron chi connectivity index (χ4n) is 3.26. The maximum absolute atomic E-state index is 13.2. The van der Waals surface area contributed by atoms with Crippen LogP contribution in [0.5, 0.6) is 0 Å². The summed E-state index contributed by atoms with van der Waals surface area (Å²) in [7, 11) is 0. The van der Waals surface area contributed by atoms with Crippen molar-refractivity contribution in [2.45, 2.75) is 51.8 Å². The van der Waals surface area contributed by atoms with E-state index in [9.17, 15) is 9.59 Å². The molecule has 152 valence electrons. The van der Waals surface area contributed by atoms with Crippen LogP contribution in [0.25, 0.3) is 0 Å². The van der Waals surface area contributed by atoms with Crippen LogP contribution in [0, 0.1) is 0 Å². The highest BCUT2D eigenvalue weighted by atomic mass is 32.1. The third kappa shape index (κ3) is 5.23. The minimum Gasteiger partial charge on any atom is -0.467 e. The minimum atomic E-state index is -0.475. The molecule has 1 aliphatic heterocycles. The van der Waals surface area contributed by atoms with Crippen molar-refractivity contribution in [2.75, 3.05) is 19.7 Å². The third-order valence-corrected chi connectivity index (χ3v) is 5.67. The first kappa shape index (κ1) is 20.6. The summed E-state index contributed by atoms with van der Waals surface area (Å²) in [5.41, 5.74) is -0.475. The summed E-state index contributed by atoms with van der Waals surface area (Å²) in [5.74, 6) is 0.496. The molecule has 2 aromatic rings.